The van der Waals surface area contributed by atoms with E-state index in [2.05, 4.69) is 51.1 Å². The standard InChI is InChI=1S/C13H19N/c1-10(14)13(9-12(13,2)3)11-7-5-4-6-8-11/h4-8,10H,9,14H2,1-3H3/t10-,13?/m1/s1. The number of nitrogens with two attached hydrogens (primary N) is 1. The van der Waals surface area contributed by atoms with E-state index in [0.29, 0.717) is 5.41 Å². The second kappa shape index (κ2) is 2.83. The van der Waals surface area contributed by atoms with Crippen molar-refractivity contribution in [1.29, 1.82) is 0 Å². The molecule has 1 heteroatoms. The van der Waals surface area contributed by atoms with Crippen LogP contribution < -0.4 is 5.73 Å². The summed E-state index contributed by atoms with van der Waals surface area (Å²) in [6.45, 7) is 6.74. The maximum absolute atomic E-state index is 6.14. The third-order valence-electron chi connectivity index (χ3n) is 3.87. The van der Waals surface area contributed by atoms with E-state index < -0.39 is 0 Å². The van der Waals surface area contributed by atoms with E-state index in [0.717, 1.165) is 0 Å². The van der Waals surface area contributed by atoms with Crippen LogP contribution in [0.5, 0.6) is 0 Å². The molecule has 0 amide bonds. The van der Waals surface area contributed by atoms with Crippen molar-refractivity contribution < 1.29 is 0 Å². The van der Waals surface area contributed by atoms with Crippen LogP contribution in [0.2, 0.25) is 0 Å². The summed E-state index contributed by atoms with van der Waals surface area (Å²) in [6, 6.07) is 10.9. The topological polar surface area (TPSA) is 26.0 Å². The van der Waals surface area contributed by atoms with Gasteiger partial charge in [-0.15, -0.1) is 0 Å². The molecular weight excluding hydrogens is 170 g/mol. The molecule has 1 fully saturated rings. The zero-order valence-electron chi connectivity index (χ0n) is 9.25. The molecule has 0 heterocycles. The quantitative estimate of drug-likeness (QED) is 0.760. The molecule has 14 heavy (non-hydrogen) atoms. The highest BCUT2D eigenvalue weighted by Crippen LogP contribution is 2.65. The summed E-state index contributed by atoms with van der Waals surface area (Å²) in [7, 11) is 0. The highest BCUT2D eigenvalue weighted by atomic mass is 14.8. The fourth-order valence-corrected chi connectivity index (χ4v) is 2.92. The van der Waals surface area contributed by atoms with E-state index in [9.17, 15) is 0 Å². The Morgan fingerprint density at radius 1 is 1.21 bits per heavy atom. The molecule has 1 aliphatic carbocycles. The minimum absolute atomic E-state index is 0.217. The van der Waals surface area contributed by atoms with Crippen LogP contribution in [0.3, 0.4) is 0 Å². The van der Waals surface area contributed by atoms with Crippen LogP contribution >= 0.6 is 0 Å². The van der Waals surface area contributed by atoms with E-state index >= 15 is 0 Å². The van der Waals surface area contributed by atoms with Crippen molar-refractivity contribution in [3.8, 4) is 0 Å². The lowest BCUT2D eigenvalue weighted by Crippen LogP contribution is -2.35. The van der Waals surface area contributed by atoms with Gasteiger partial charge in [-0.05, 0) is 24.3 Å². The number of rotatable bonds is 2. The largest absolute Gasteiger partial charge is 0.327 e. The summed E-state index contributed by atoms with van der Waals surface area (Å²) >= 11 is 0. The Kier molecular flexibility index (Phi) is 1.97. The van der Waals surface area contributed by atoms with Crippen molar-refractivity contribution in [3.63, 3.8) is 0 Å². The van der Waals surface area contributed by atoms with E-state index in [-0.39, 0.29) is 11.5 Å². The monoisotopic (exact) mass is 189 g/mol. The number of hydrogen-bond donors (Lipinski definition) is 1. The average molecular weight is 189 g/mol. The maximum Gasteiger partial charge on any atom is 0.0158 e. The fourth-order valence-electron chi connectivity index (χ4n) is 2.92. The van der Waals surface area contributed by atoms with Gasteiger partial charge in [0.15, 0.2) is 0 Å². The summed E-state index contributed by atoms with van der Waals surface area (Å²) in [5.74, 6) is 0. The van der Waals surface area contributed by atoms with Crippen molar-refractivity contribution in [1.82, 2.24) is 0 Å². The van der Waals surface area contributed by atoms with Gasteiger partial charge in [0.1, 0.15) is 0 Å². The summed E-state index contributed by atoms with van der Waals surface area (Å²) in [5.41, 5.74) is 8.12. The van der Waals surface area contributed by atoms with Gasteiger partial charge in [0, 0.05) is 11.5 Å². The summed E-state index contributed by atoms with van der Waals surface area (Å²) in [4.78, 5) is 0. The van der Waals surface area contributed by atoms with Crippen LogP contribution in [-0.4, -0.2) is 6.04 Å². The third-order valence-corrected chi connectivity index (χ3v) is 3.87. The van der Waals surface area contributed by atoms with Crippen LogP contribution in [0.25, 0.3) is 0 Å². The molecule has 1 aromatic rings. The molecule has 0 saturated heterocycles. The van der Waals surface area contributed by atoms with Crippen LogP contribution in [0.1, 0.15) is 32.8 Å². The Balaban J connectivity index is 2.42. The molecule has 0 aliphatic heterocycles. The number of hydrogen-bond acceptors (Lipinski definition) is 1. The summed E-state index contributed by atoms with van der Waals surface area (Å²) < 4.78 is 0. The first-order chi connectivity index (χ1) is 6.51. The van der Waals surface area contributed by atoms with Gasteiger partial charge in [0.05, 0.1) is 0 Å². The molecule has 2 N–H and O–H groups in total. The molecule has 0 aromatic heterocycles. The lowest BCUT2D eigenvalue weighted by molar-refractivity contribution is 0.434. The van der Waals surface area contributed by atoms with Crippen LogP contribution in [-0.2, 0) is 5.41 Å². The van der Waals surface area contributed by atoms with Gasteiger partial charge >= 0.3 is 0 Å². The molecule has 76 valence electrons. The molecule has 1 aromatic carbocycles. The normalized spacial score (nSPS) is 31.1. The van der Waals surface area contributed by atoms with Crippen LogP contribution in [0.15, 0.2) is 30.3 Å². The zero-order chi connectivity index (χ0) is 10.4. The molecule has 0 spiro atoms. The van der Waals surface area contributed by atoms with Gasteiger partial charge in [0.25, 0.3) is 0 Å². The Morgan fingerprint density at radius 3 is 2.07 bits per heavy atom. The van der Waals surface area contributed by atoms with E-state index in [1.807, 2.05) is 0 Å². The van der Waals surface area contributed by atoms with E-state index in [4.69, 9.17) is 5.73 Å². The van der Waals surface area contributed by atoms with Gasteiger partial charge in [-0.25, -0.2) is 0 Å². The first kappa shape index (κ1) is 9.72. The molecule has 1 aliphatic rings. The Labute approximate surface area is 86.3 Å². The Hall–Kier alpha value is -0.820. The number of benzene rings is 1. The Bertz CT molecular complexity index is 326. The molecular formula is C13H19N. The van der Waals surface area contributed by atoms with Crippen molar-refractivity contribution in [3.05, 3.63) is 35.9 Å². The molecule has 0 bridgehead atoms. The van der Waals surface area contributed by atoms with Crippen LogP contribution in [0.4, 0.5) is 0 Å². The maximum atomic E-state index is 6.14. The smallest absolute Gasteiger partial charge is 0.0158 e. The zero-order valence-corrected chi connectivity index (χ0v) is 9.25. The van der Waals surface area contributed by atoms with Gasteiger partial charge in [0.2, 0.25) is 0 Å². The van der Waals surface area contributed by atoms with Gasteiger partial charge in [-0.3, -0.25) is 0 Å². The lowest BCUT2D eigenvalue weighted by Gasteiger charge is -2.25. The van der Waals surface area contributed by atoms with Gasteiger partial charge < -0.3 is 5.73 Å². The highest BCUT2D eigenvalue weighted by molar-refractivity contribution is 5.39. The van der Waals surface area contributed by atoms with Crippen molar-refractivity contribution >= 4 is 0 Å². The molecule has 1 unspecified atom stereocenters. The first-order valence-electron chi connectivity index (χ1n) is 5.32. The van der Waals surface area contributed by atoms with E-state index in [1.54, 1.807) is 0 Å². The minimum Gasteiger partial charge on any atom is -0.327 e. The highest BCUT2D eigenvalue weighted by Gasteiger charge is 2.63. The summed E-state index contributed by atoms with van der Waals surface area (Å²) in [5, 5.41) is 0. The summed E-state index contributed by atoms with van der Waals surface area (Å²) in [6.07, 6.45) is 1.21. The molecule has 1 saturated carbocycles. The van der Waals surface area contributed by atoms with Crippen molar-refractivity contribution in [2.24, 2.45) is 11.1 Å². The molecule has 2 rings (SSSR count). The van der Waals surface area contributed by atoms with Gasteiger partial charge in [-0.2, -0.15) is 0 Å². The second-order valence-electron chi connectivity index (χ2n) is 5.19. The first-order valence-corrected chi connectivity index (χ1v) is 5.32. The lowest BCUT2D eigenvalue weighted by atomic mass is 9.82. The predicted octanol–water partition coefficient (Wildman–Crippen LogP) is 2.70. The average Bonchev–Trinajstić information content (AvgIpc) is 2.72. The molecule has 1 nitrogen and oxygen atoms in total. The molecule has 2 atom stereocenters. The van der Waals surface area contributed by atoms with E-state index in [1.165, 1.54) is 12.0 Å². The van der Waals surface area contributed by atoms with Crippen molar-refractivity contribution in [2.75, 3.05) is 0 Å². The van der Waals surface area contributed by atoms with Crippen LogP contribution in [0, 0.1) is 5.41 Å². The fraction of sp³-hybridized carbons (Fsp3) is 0.538. The third kappa shape index (κ3) is 1.12. The minimum atomic E-state index is 0.217. The predicted molar refractivity (Wildman–Crippen MR) is 60.2 cm³/mol. The van der Waals surface area contributed by atoms with Crippen molar-refractivity contribution in [2.45, 2.75) is 38.6 Å². The Morgan fingerprint density at radius 2 is 1.71 bits per heavy atom. The second-order valence-corrected chi connectivity index (χ2v) is 5.19. The molecule has 0 radical (unpaired) electrons. The SMILES string of the molecule is C[C@@H](N)C1(c2ccccc2)CC1(C)C. The van der Waals surface area contributed by atoms with Gasteiger partial charge in [-0.1, -0.05) is 44.2 Å².